The molecule has 0 saturated carbocycles. The molecule has 1 N–H and O–H groups in total. The lowest BCUT2D eigenvalue weighted by atomic mass is 10.2. The molecule has 3 aromatic rings. The summed E-state index contributed by atoms with van der Waals surface area (Å²) in [6, 6.07) is 16.2. The summed E-state index contributed by atoms with van der Waals surface area (Å²) in [5.41, 5.74) is 5.09. The average Bonchev–Trinajstić information content (AvgIpc) is 2.82. The van der Waals surface area contributed by atoms with Crippen LogP contribution in [-0.2, 0) is 0 Å². The number of H-pyrrole nitrogens is 1. The molecule has 0 bridgehead atoms. The number of nitrogens with one attached hydrogen (secondary N) is 1. The van der Waals surface area contributed by atoms with E-state index in [1.807, 2.05) is 54.2 Å². The molecule has 3 rings (SSSR count). The monoisotopic (exact) mass is 433 g/mol. The predicted octanol–water partition coefficient (Wildman–Crippen LogP) is 5.51. The number of hydrogen-bond donors (Lipinski definition) is 1. The summed E-state index contributed by atoms with van der Waals surface area (Å²) in [5, 5.41) is 3.31. The Hall–Kier alpha value is -1.73. The number of aromatic nitrogens is 2. The first kappa shape index (κ1) is 16.1. The van der Waals surface area contributed by atoms with Crippen LogP contribution in [-0.4, -0.2) is 16.0 Å². The van der Waals surface area contributed by atoms with Crippen molar-refractivity contribution in [2.45, 2.75) is 13.8 Å². The van der Waals surface area contributed by atoms with E-state index in [4.69, 9.17) is 12.2 Å². The molecule has 23 heavy (non-hydrogen) atoms. The van der Waals surface area contributed by atoms with Crippen molar-refractivity contribution in [1.82, 2.24) is 9.78 Å². The van der Waals surface area contributed by atoms with Crippen LogP contribution in [0.3, 0.4) is 0 Å². The maximum absolute atomic E-state index is 5.60. The summed E-state index contributed by atoms with van der Waals surface area (Å²) < 4.78 is 3.86. The summed E-state index contributed by atoms with van der Waals surface area (Å²) in [7, 11) is 0. The SMILES string of the molecule is Cc1cc(I)ccc1N=Cc1c(C)[nH]n(-c2ccccc2)c1=S. The number of benzene rings is 2. The Bertz CT molecular complexity index is 923. The normalized spacial score (nSPS) is 11.3. The Labute approximate surface area is 154 Å². The molecule has 1 heterocycles. The molecule has 2 aromatic carbocycles. The van der Waals surface area contributed by atoms with Gasteiger partial charge in [0.15, 0.2) is 0 Å². The second-order valence-corrected chi connectivity index (χ2v) is 6.95. The Morgan fingerprint density at radius 3 is 2.57 bits per heavy atom. The van der Waals surface area contributed by atoms with Crippen molar-refractivity contribution in [2.75, 3.05) is 0 Å². The number of rotatable bonds is 3. The van der Waals surface area contributed by atoms with Gasteiger partial charge in [0.2, 0.25) is 0 Å². The number of nitrogens with zero attached hydrogens (tertiary/aromatic N) is 2. The molecule has 0 radical (unpaired) electrons. The lowest BCUT2D eigenvalue weighted by molar-refractivity contribution is 0.853. The van der Waals surface area contributed by atoms with E-state index in [0.29, 0.717) is 0 Å². The van der Waals surface area contributed by atoms with Crippen LogP contribution in [0.1, 0.15) is 16.8 Å². The largest absolute Gasteiger partial charge is 0.297 e. The standard InChI is InChI=1S/C18H16IN3S/c1-12-10-14(19)8-9-17(12)20-11-16-13(2)21-22(18(16)23)15-6-4-3-5-7-15/h3-11,21H,1-2H3. The van der Waals surface area contributed by atoms with Gasteiger partial charge in [0.25, 0.3) is 0 Å². The van der Waals surface area contributed by atoms with Crippen molar-refractivity contribution in [1.29, 1.82) is 0 Å². The van der Waals surface area contributed by atoms with Crippen molar-refractivity contribution in [3.8, 4) is 5.69 Å². The van der Waals surface area contributed by atoms with Crippen LogP contribution in [0.25, 0.3) is 5.69 Å². The minimum atomic E-state index is 0.737. The van der Waals surface area contributed by atoms with Crippen molar-refractivity contribution in [2.24, 2.45) is 4.99 Å². The van der Waals surface area contributed by atoms with Gasteiger partial charge in [0, 0.05) is 15.5 Å². The van der Waals surface area contributed by atoms with Crippen LogP contribution >= 0.6 is 34.8 Å². The molecule has 5 heteroatoms. The maximum atomic E-state index is 5.60. The zero-order valence-electron chi connectivity index (χ0n) is 12.9. The summed E-state index contributed by atoms with van der Waals surface area (Å²) in [6.45, 7) is 4.08. The molecular weight excluding hydrogens is 417 g/mol. The predicted molar refractivity (Wildman–Crippen MR) is 107 cm³/mol. The van der Waals surface area contributed by atoms with Crippen molar-refractivity contribution in [3.05, 3.63) is 73.6 Å². The lowest BCUT2D eigenvalue weighted by Crippen LogP contribution is -1.95. The summed E-state index contributed by atoms with van der Waals surface area (Å²) in [4.78, 5) is 4.62. The third-order valence-electron chi connectivity index (χ3n) is 3.62. The van der Waals surface area contributed by atoms with E-state index in [2.05, 4.69) is 51.7 Å². The summed E-state index contributed by atoms with van der Waals surface area (Å²) in [6.07, 6.45) is 1.85. The smallest absolute Gasteiger partial charge is 0.136 e. The summed E-state index contributed by atoms with van der Waals surface area (Å²) >= 11 is 7.91. The van der Waals surface area contributed by atoms with Gasteiger partial charge in [0.1, 0.15) is 4.64 Å². The topological polar surface area (TPSA) is 33.1 Å². The van der Waals surface area contributed by atoms with Gasteiger partial charge >= 0.3 is 0 Å². The molecule has 116 valence electrons. The van der Waals surface area contributed by atoms with Gasteiger partial charge in [-0.1, -0.05) is 30.4 Å². The minimum absolute atomic E-state index is 0.737. The van der Waals surface area contributed by atoms with Crippen molar-refractivity contribution < 1.29 is 0 Å². The first-order valence-electron chi connectivity index (χ1n) is 7.23. The molecule has 0 unspecified atom stereocenters. The minimum Gasteiger partial charge on any atom is -0.297 e. The van der Waals surface area contributed by atoms with E-state index in [1.54, 1.807) is 0 Å². The van der Waals surface area contributed by atoms with Gasteiger partial charge in [0.05, 0.1) is 16.9 Å². The molecule has 1 aromatic heterocycles. The Balaban J connectivity index is 2.00. The van der Waals surface area contributed by atoms with Gasteiger partial charge < -0.3 is 0 Å². The molecule has 0 aliphatic carbocycles. The van der Waals surface area contributed by atoms with E-state index in [1.165, 1.54) is 3.57 Å². The maximum Gasteiger partial charge on any atom is 0.136 e. The van der Waals surface area contributed by atoms with Gasteiger partial charge in [-0.2, -0.15) is 0 Å². The van der Waals surface area contributed by atoms with Gasteiger partial charge in [-0.15, -0.1) is 0 Å². The number of aromatic amines is 1. The fourth-order valence-electron chi connectivity index (χ4n) is 2.37. The molecule has 0 amide bonds. The van der Waals surface area contributed by atoms with Gasteiger partial charge in [-0.3, -0.25) is 10.1 Å². The Morgan fingerprint density at radius 2 is 1.87 bits per heavy atom. The van der Waals surface area contributed by atoms with Gasteiger partial charge in [-0.05, 0) is 72.3 Å². The highest BCUT2D eigenvalue weighted by molar-refractivity contribution is 14.1. The van der Waals surface area contributed by atoms with Crippen molar-refractivity contribution in [3.63, 3.8) is 0 Å². The average molecular weight is 433 g/mol. The van der Waals surface area contributed by atoms with Crippen LogP contribution in [0.15, 0.2) is 53.5 Å². The van der Waals surface area contributed by atoms with E-state index in [9.17, 15) is 0 Å². The Morgan fingerprint density at radius 1 is 1.13 bits per heavy atom. The van der Waals surface area contributed by atoms with E-state index in [0.717, 1.165) is 32.8 Å². The number of halogens is 1. The molecule has 0 atom stereocenters. The molecule has 0 aliphatic heterocycles. The second-order valence-electron chi connectivity index (χ2n) is 5.32. The van der Waals surface area contributed by atoms with Crippen LogP contribution in [0.4, 0.5) is 5.69 Å². The highest BCUT2D eigenvalue weighted by Crippen LogP contribution is 2.21. The first-order valence-corrected chi connectivity index (χ1v) is 8.72. The van der Waals surface area contributed by atoms with E-state index < -0.39 is 0 Å². The molecular formula is C18H16IN3S. The fraction of sp³-hybridized carbons (Fsp3) is 0.111. The van der Waals surface area contributed by atoms with Crippen molar-refractivity contribution >= 4 is 46.7 Å². The molecule has 3 nitrogen and oxygen atoms in total. The Kier molecular flexibility index (Phi) is 4.77. The second kappa shape index (κ2) is 6.80. The summed E-state index contributed by atoms with van der Waals surface area (Å²) in [5.74, 6) is 0. The zero-order valence-corrected chi connectivity index (χ0v) is 15.9. The quantitative estimate of drug-likeness (QED) is 0.330. The number of aliphatic imine (C=N–C) groups is 1. The zero-order chi connectivity index (χ0) is 16.4. The van der Waals surface area contributed by atoms with Crippen LogP contribution in [0.5, 0.6) is 0 Å². The van der Waals surface area contributed by atoms with Crippen LogP contribution in [0.2, 0.25) is 0 Å². The number of aryl methyl sites for hydroxylation is 2. The highest BCUT2D eigenvalue weighted by atomic mass is 127. The van der Waals surface area contributed by atoms with Gasteiger partial charge in [-0.25, -0.2) is 4.68 Å². The highest BCUT2D eigenvalue weighted by Gasteiger charge is 2.07. The molecule has 0 saturated heterocycles. The molecule has 0 aliphatic rings. The van der Waals surface area contributed by atoms with E-state index >= 15 is 0 Å². The number of hydrogen-bond acceptors (Lipinski definition) is 2. The third-order valence-corrected chi connectivity index (χ3v) is 4.70. The first-order chi connectivity index (χ1) is 11.1. The fourth-order valence-corrected chi connectivity index (χ4v) is 3.37. The van der Waals surface area contributed by atoms with Crippen LogP contribution < -0.4 is 0 Å². The molecule has 0 fully saturated rings. The third kappa shape index (κ3) is 3.45. The van der Waals surface area contributed by atoms with Crippen LogP contribution in [0, 0.1) is 22.1 Å². The lowest BCUT2D eigenvalue weighted by Gasteiger charge is -2.01. The molecule has 0 spiro atoms. The number of para-hydroxylation sites is 1. The van der Waals surface area contributed by atoms with E-state index in [-0.39, 0.29) is 0 Å².